The first-order chi connectivity index (χ1) is 8.24. The first-order valence-electron chi connectivity index (χ1n) is 6.47. The van der Waals surface area contributed by atoms with Crippen molar-refractivity contribution in [3.63, 3.8) is 0 Å². The highest BCUT2D eigenvalue weighted by Gasteiger charge is 2.33. The van der Waals surface area contributed by atoms with E-state index in [1.807, 2.05) is 11.8 Å². The minimum absolute atomic E-state index is 0.118. The molecule has 2 fully saturated rings. The third-order valence-corrected chi connectivity index (χ3v) is 3.81. The molecule has 0 saturated carbocycles. The predicted octanol–water partition coefficient (Wildman–Crippen LogP) is -0.310. The fraction of sp³-hybridized carbons (Fsp3) is 0.917. The maximum Gasteiger partial charge on any atom is 0.239 e. The Morgan fingerprint density at radius 3 is 2.76 bits per heavy atom. The number of ether oxygens (including phenoxy) is 1. The monoisotopic (exact) mass is 242 g/mol. The van der Waals surface area contributed by atoms with Crippen molar-refractivity contribution in [2.45, 2.75) is 31.8 Å². The number of morpholine rings is 1. The highest BCUT2D eigenvalue weighted by molar-refractivity contribution is 5.81. The molecular formula is C12H22N2O3. The van der Waals surface area contributed by atoms with Gasteiger partial charge in [-0.2, -0.15) is 0 Å². The Kier molecular flexibility index (Phi) is 4.36. The summed E-state index contributed by atoms with van der Waals surface area (Å²) in [5, 5.41) is 9.29. The zero-order valence-corrected chi connectivity index (χ0v) is 10.5. The molecule has 98 valence electrons. The van der Waals surface area contributed by atoms with Crippen LogP contribution in [0.4, 0.5) is 0 Å². The Hall–Kier alpha value is -0.650. The smallest absolute Gasteiger partial charge is 0.239 e. The lowest BCUT2D eigenvalue weighted by molar-refractivity contribution is -0.141. The van der Waals surface area contributed by atoms with Gasteiger partial charge in [0.2, 0.25) is 5.91 Å². The van der Waals surface area contributed by atoms with Crippen LogP contribution < -0.4 is 0 Å². The second-order valence-electron chi connectivity index (χ2n) is 4.83. The SMILES string of the molecule is CC(C(=O)N1CCOCC1)N1CCCC1CO. The van der Waals surface area contributed by atoms with Crippen LogP contribution in [-0.4, -0.2) is 72.4 Å². The summed E-state index contributed by atoms with van der Waals surface area (Å²) in [5.41, 5.74) is 0. The summed E-state index contributed by atoms with van der Waals surface area (Å²) in [6.07, 6.45) is 2.07. The maximum absolute atomic E-state index is 12.3. The Bertz CT molecular complexity index is 266. The van der Waals surface area contributed by atoms with E-state index in [2.05, 4.69) is 4.90 Å². The normalized spacial score (nSPS) is 28.4. The lowest BCUT2D eigenvalue weighted by Crippen LogP contribution is -2.52. The van der Waals surface area contributed by atoms with E-state index in [9.17, 15) is 9.90 Å². The number of hydrogen-bond acceptors (Lipinski definition) is 4. The molecule has 0 radical (unpaired) electrons. The van der Waals surface area contributed by atoms with Gasteiger partial charge in [0.15, 0.2) is 0 Å². The average molecular weight is 242 g/mol. The lowest BCUT2D eigenvalue weighted by atomic mass is 10.2. The molecule has 0 aromatic carbocycles. The van der Waals surface area contributed by atoms with Crippen LogP contribution in [0.2, 0.25) is 0 Å². The largest absolute Gasteiger partial charge is 0.395 e. The number of nitrogens with zero attached hydrogens (tertiary/aromatic N) is 2. The Morgan fingerprint density at radius 1 is 1.41 bits per heavy atom. The maximum atomic E-state index is 12.3. The number of amides is 1. The van der Waals surface area contributed by atoms with Gasteiger partial charge < -0.3 is 14.7 Å². The van der Waals surface area contributed by atoms with Crippen LogP contribution in [0.3, 0.4) is 0 Å². The van der Waals surface area contributed by atoms with E-state index in [-0.39, 0.29) is 24.6 Å². The van der Waals surface area contributed by atoms with Crippen molar-refractivity contribution < 1.29 is 14.6 Å². The van der Waals surface area contributed by atoms with E-state index < -0.39 is 0 Å². The average Bonchev–Trinajstić information content (AvgIpc) is 2.86. The van der Waals surface area contributed by atoms with E-state index in [1.165, 1.54) is 0 Å². The van der Waals surface area contributed by atoms with Crippen molar-refractivity contribution in [1.29, 1.82) is 0 Å². The summed E-state index contributed by atoms with van der Waals surface area (Å²) in [7, 11) is 0. The van der Waals surface area contributed by atoms with E-state index in [4.69, 9.17) is 4.74 Å². The molecule has 1 amide bonds. The van der Waals surface area contributed by atoms with Crippen LogP contribution in [0.1, 0.15) is 19.8 Å². The molecule has 2 unspecified atom stereocenters. The molecule has 1 N–H and O–H groups in total. The highest BCUT2D eigenvalue weighted by Crippen LogP contribution is 2.20. The van der Waals surface area contributed by atoms with Gasteiger partial charge in [-0.25, -0.2) is 0 Å². The van der Waals surface area contributed by atoms with E-state index in [0.717, 1.165) is 19.4 Å². The Morgan fingerprint density at radius 2 is 2.12 bits per heavy atom. The number of hydrogen-bond donors (Lipinski definition) is 1. The molecule has 0 aromatic heterocycles. The van der Waals surface area contributed by atoms with Gasteiger partial charge in [-0.3, -0.25) is 9.69 Å². The molecule has 5 nitrogen and oxygen atoms in total. The third-order valence-electron chi connectivity index (χ3n) is 3.81. The van der Waals surface area contributed by atoms with Gasteiger partial charge in [0.25, 0.3) is 0 Å². The van der Waals surface area contributed by atoms with Crippen molar-refractivity contribution in [1.82, 2.24) is 9.80 Å². The van der Waals surface area contributed by atoms with Crippen LogP contribution in [0.15, 0.2) is 0 Å². The van der Waals surface area contributed by atoms with Crippen molar-refractivity contribution in [3.8, 4) is 0 Å². The van der Waals surface area contributed by atoms with E-state index >= 15 is 0 Å². The molecule has 5 heteroatoms. The standard InChI is InChI=1S/C12H22N2O3/c1-10(14-4-2-3-11(14)9-15)12(16)13-5-7-17-8-6-13/h10-11,15H,2-9H2,1H3. The van der Waals surface area contributed by atoms with E-state index in [1.54, 1.807) is 0 Å². The predicted molar refractivity (Wildman–Crippen MR) is 63.7 cm³/mol. The van der Waals surface area contributed by atoms with Gasteiger partial charge in [-0.1, -0.05) is 0 Å². The quantitative estimate of drug-likeness (QED) is 0.737. The van der Waals surface area contributed by atoms with Crippen LogP contribution in [0.5, 0.6) is 0 Å². The fourth-order valence-electron chi connectivity index (χ4n) is 2.75. The van der Waals surface area contributed by atoms with Gasteiger partial charge >= 0.3 is 0 Å². The van der Waals surface area contributed by atoms with Gasteiger partial charge in [0.05, 0.1) is 25.9 Å². The molecule has 0 aromatic rings. The minimum Gasteiger partial charge on any atom is -0.395 e. The van der Waals surface area contributed by atoms with Crippen molar-refractivity contribution in [3.05, 3.63) is 0 Å². The van der Waals surface area contributed by atoms with Gasteiger partial charge in [-0.15, -0.1) is 0 Å². The highest BCUT2D eigenvalue weighted by atomic mass is 16.5. The van der Waals surface area contributed by atoms with Gasteiger partial charge in [0.1, 0.15) is 0 Å². The van der Waals surface area contributed by atoms with Gasteiger partial charge in [0, 0.05) is 19.1 Å². The molecule has 2 aliphatic heterocycles. The molecule has 0 bridgehead atoms. The van der Waals surface area contributed by atoms with Crippen LogP contribution in [0, 0.1) is 0 Å². The van der Waals surface area contributed by atoms with E-state index in [0.29, 0.717) is 26.3 Å². The minimum atomic E-state index is -0.118. The molecular weight excluding hydrogens is 220 g/mol. The molecule has 2 heterocycles. The number of aliphatic hydroxyl groups excluding tert-OH is 1. The number of likely N-dealkylation sites (tertiary alicyclic amines) is 1. The number of carbonyl (C=O) groups is 1. The molecule has 2 rings (SSSR count). The van der Waals surface area contributed by atoms with Gasteiger partial charge in [-0.05, 0) is 26.3 Å². The van der Waals surface area contributed by atoms with Crippen molar-refractivity contribution in [2.24, 2.45) is 0 Å². The first-order valence-corrected chi connectivity index (χ1v) is 6.47. The Labute approximate surface area is 102 Å². The summed E-state index contributed by atoms with van der Waals surface area (Å²) < 4.78 is 5.25. The number of aliphatic hydroxyl groups is 1. The lowest BCUT2D eigenvalue weighted by Gasteiger charge is -2.34. The van der Waals surface area contributed by atoms with Crippen molar-refractivity contribution in [2.75, 3.05) is 39.5 Å². The number of rotatable bonds is 3. The second kappa shape index (κ2) is 5.80. The fourth-order valence-corrected chi connectivity index (χ4v) is 2.75. The zero-order chi connectivity index (χ0) is 12.3. The molecule has 0 spiro atoms. The summed E-state index contributed by atoms with van der Waals surface area (Å²) >= 11 is 0. The van der Waals surface area contributed by atoms with Crippen LogP contribution in [0.25, 0.3) is 0 Å². The summed E-state index contributed by atoms with van der Waals surface area (Å²) in [4.78, 5) is 16.3. The number of carbonyl (C=O) groups excluding carboxylic acids is 1. The Balaban J connectivity index is 1.93. The van der Waals surface area contributed by atoms with Crippen molar-refractivity contribution >= 4 is 5.91 Å². The van der Waals surface area contributed by atoms with Crippen LogP contribution >= 0.6 is 0 Å². The molecule has 2 atom stereocenters. The molecule has 0 aliphatic carbocycles. The van der Waals surface area contributed by atoms with Crippen LogP contribution in [-0.2, 0) is 9.53 Å². The molecule has 2 aliphatic rings. The summed E-state index contributed by atoms with van der Waals surface area (Å²) in [6.45, 7) is 5.69. The first kappa shape index (κ1) is 12.8. The molecule has 17 heavy (non-hydrogen) atoms. The zero-order valence-electron chi connectivity index (χ0n) is 10.5. The second-order valence-corrected chi connectivity index (χ2v) is 4.83. The third kappa shape index (κ3) is 2.78. The topological polar surface area (TPSA) is 53.0 Å². The summed E-state index contributed by atoms with van der Waals surface area (Å²) in [6, 6.07) is 0.0442. The summed E-state index contributed by atoms with van der Waals surface area (Å²) in [5.74, 6) is 0.175. The molecule has 2 saturated heterocycles.